The highest BCUT2D eigenvalue weighted by atomic mass is 16.4. The van der Waals surface area contributed by atoms with Crippen LogP contribution >= 0.6 is 0 Å². The first-order valence-electron chi connectivity index (χ1n) is 8.29. The van der Waals surface area contributed by atoms with Gasteiger partial charge in [0.2, 0.25) is 11.8 Å². The first-order chi connectivity index (χ1) is 12.1. The number of aliphatic hydroxyl groups excluding tert-OH is 1. The summed E-state index contributed by atoms with van der Waals surface area (Å²) in [6.07, 6.45) is -0.603. The van der Waals surface area contributed by atoms with E-state index >= 15 is 0 Å². The zero-order valence-electron chi connectivity index (χ0n) is 14.7. The van der Waals surface area contributed by atoms with Gasteiger partial charge in [-0.15, -0.1) is 0 Å². The van der Waals surface area contributed by atoms with Gasteiger partial charge in [-0.3, -0.25) is 14.4 Å². The smallest absolute Gasteiger partial charge is 0.326 e. The molecule has 0 radical (unpaired) electrons. The number of carbonyl (C=O) groups excluding carboxylic acids is 2. The second-order valence-corrected chi connectivity index (χ2v) is 5.94. The van der Waals surface area contributed by atoms with Crippen molar-refractivity contribution < 1.29 is 34.5 Å². The van der Waals surface area contributed by atoms with Gasteiger partial charge in [0, 0.05) is 6.42 Å². The van der Waals surface area contributed by atoms with Crippen molar-refractivity contribution >= 4 is 23.8 Å². The molecule has 0 aromatic carbocycles. The molecule has 11 heteroatoms. The maximum Gasteiger partial charge on any atom is 0.326 e. The van der Waals surface area contributed by atoms with Crippen molar-refractivity contribution in [3.05, 3.63) is 0 Å². The van der Waals surface area contributed by atoms with Crippen LogP contribution in [0.1, 0.15) is 39.0 Å². The zero-order valence-corrected chi connectivity index (χ0v) is 14.7. The van der Waals surface area contributed by atoms with Gasteiger partial charge in [-0.25, -0.2) is 4.79 Å². The predicted octanol–water partition coefficient (Wildman–Crippen LogP) is -2.26. The standard InChI is InChI=1S/C15H28N4O7/c1-8(20)12(17)14(24)18-9(4-2-3-7-16)13(23)19-10(15(25)26)5-6-11(21)22/h8-10,12,20H,2-7,16-17H2,1H3,(H,18,24)(H,19,23)(H,21,22)(H,25,26)/t8?,9-,10-,12-/m0/s1. The minimum Gasteiger partial charge on any atom is -0.481 e. The minimum atomic E-state index is -1.40. The molecule has 0 saturated carbocycles. The lowest BCUT2D eigenvalue weighted by Gasteiger charge is -2.23. The number of carboxylic acids is 2. The lowest BCUT2D eigenvalue weighted by Crippen LogP contribution is -2.56. The van der Waals surface area contributed by atoms with Crippen LogP contribution in [0, 0.1) is 0 Å². The van der Waals surface area contributed by atoms with Crippen LogP contribution in [-0.2, 0) is 19.2 Å². The molecule has 0 spiro atoms. The SMILES string of the molecule is CC(O)[C@H](N)C(=O)N[C@@H](CCCCN)C(=O)N[C@@H](CCC(=O)O)C(=O)O. The van der Waals surface area contributed by atoms with E-state index in [-0.39, 0.29) is 12.8 Å². The average Bonchev–Trinajstić information content (AvgIpc) is 2.56. The van der Waals surface area contributed by atoms with Gasteiger partial charge in [-0.05, 0) is 39.2 Å². The monoisotopic (exact) mass is 376 g/mol. The molecule has 0 saturated heterocycles. The van der Waals surface area contributed by atoms with Gasteiger partial charge in [0.15, 0.2) is 0 Å². The topological polar surface area (TPSA) is 205 Å². The highest BCUT2D eigenvalue weighted by Gasteiger charge is 2.29. The van der Waals surface area contributed by atoms with E-state index in [0.29, 0.717) is 19.4 Å². The lowest BCUT2D eigenvalue weighted by molar-refractivity contribution is -0.143. The Morgan fingerprint density at radius 2 is 1.54 bits per heavy atom. The summed E-state index contributed by atoms with van der Waals surface area (Å²) in [5, 5.41) is 31.7. The molecular weight excluding hydrogens is 348 g/mol. The number of hydrogen-bond acceptors (Lipinski definition) is 7. The Labute approximate surface area is 151 Å². The zero-order chi connectivity index (χ0) is 20.3. The molecule has 26 heavy (non-hydrogen) atoms. The van der Waals surface area contributed by atoms with Gasteiger partial charge in [0.1, 0.15) is 18.1 Å². The Morgan fingerprint density at radius 1 is 0.962 bits per heavy atom. The van der Waals surface area contributed by atoms with Crippen molar-refractivity contribution in [2.24, 2.45) is 11.5 Å². The molecule has 2 amide bonds. The number of aliphatic carboxylic acids is 2. The van der Waals surface area contributed by atoms with Crippen LogP contribution < -0.4 is 22.1 Å². The third-order valence-corrected chi connectivity index (χ3v) is 3.66. The van der Waals surface area contributed by atoms with E-state index in [1.165, 1.54) is 6.92 Å². The van der Waals surface area contributed by atoms with Crippen molar-refractivity contribution in [1.82, 2.24) is 10.6 Å². The summed E-state index contributed by atoms with van der Waals surface area (Å²) in [7, 11) is 0. The molecule has 0 aromatic heterocycles. The van der Waals surface area contributed by atoms with Crippen LogP contribution in [0.4, 0.5) is 0 Å². The third-order valence-electron chi connectivity index (χ3n) is 3.66. The number of nitrogens with two attached hydrogens (primary N) is 2. The quantitative estimate of drug-likeness (QED) is 0.173. The van der Waals surface area contributed by atoms with Gasteiger partial charge in [-0.1, -0.05) is 0 Å². The summed E-state index contributed by atoms with van der Waals surface area (Å²) in [5.41, 5.74) is 10.9. The second kappa shape index (κ2) is 12.2. The van der Waals surface area contributed by atoms with Gasteiger partial charge in [0.05, 0.1) is 6.10 Å². The molecular formula is C15H28N4O7. The summed E-state index contributed by atoms with van der Waals surface area (Å²) in [6, 6.07) is -3.73. The second-order valence-electron chi connectivity index (χ2n) is 5.94. The number of rotatable bonds is 13. The maximum absolute atomic E-state index is 12.4. The molecule has 0 rings (SSSR count). The van der Waals surface area contributed by atoms with Crippen LogP contribution in [0.15, 0.2) is 0 Å². The molecule has 0 bridgehead atoms. The van der Waals surface area contributed by atoms with Crippen molar-refractivity contribution in [3.63, 3.8) is 0 Å². The fourth-order valence-electron chi connectivity index (χ4n) is 2.05. The third kappa shape index (κ3) is 9.30. The molecule has 1 unspecified atom stereocenters. The number of carboxylic acid groups (broad SMARTS) is 2. The van der Waals surface area contributed by atoms with E-state index in [4.69, 9.17) is 21.7 Å². The van der Waals surface area contributed by atoms with Crippen molar-refractivity contribution in [3.8, 4) is 0 Å². The van der Waals surface area contributed by atoms with Gasteiger partial charge < -0.3 is 37.4 Å². The van der Waals surface area contributed by atoms with E-state index in [9.17, 15) is 24.3 Å². The summed E-state index contributed by atoms with van der Waals surface area (Å²) < 4.78 is 0. The fourth-order valence-corrected chi connectivity index (χ4v) is 2.05. The summed E-state index contributed by atoms with van der Waals surface area (Å²) in [4.78, 5) is 46.1. The molecule has 0 aliphatic heterocycles. The number of aliphatic hydroxyl groups is 1. The molecule has 9 N–H and O–H groups in total. The van der Waals surface area contributed by atoms with Crippen LogP contribution in [-0.4, -0.2) is 69.8 Å². The summed E-state index contributed by atoms with van der Waals surface area (Å²) >= 11 is 0. The van der Waals surface area contributed by atoms with Crippen LogP contribution in [0.25, 0.3) is 0 Å². The average molecular weight is 376 g/mol. The van der Waals surface area contributed by atoms with E-state index in [0.717, 1.165) is 0 Å². The minimum absolute atomic E-state index is 0.187. The Hall–Kier alpha value is -2.24. The number of amides is 2. The van der Waals surface area contributed by atoms with Crippen molar-refractivity contribution in [2.75, 3.05) is 6.54 Å². The molecule has 4 atom stereocenters. The first kappa shape index (κ1) is 23.8. The van der Waals surface area contributed by atoms with E-state index in [2.05, 4.69) is 10.6 Å². The predicted molar refractivity (Wildman–Crippen MR) is 90.9 cm³/mol. The first-order valence-corrected chi connectivity index (χ1v) is 8.29. The Kier molecular flexibility index (Phi) is 11.1. The molecule has 0 aliphatic carbocycles. The normalized spacial score (nSPS) is 15.4. The molecule has 0 aromatic rings. The highest BCUT2D eigenvalue weighted by Crippen LogP contribution is 2.05. The van der Waals surface area contributed by atoms with Crippen LogP contribution in [0.5, 0.6) is 0 Å². The number of unbranched alkanes of at least 4 members (excludes halogenated alkanes) is 1. The van der Waals surface area contributed by atoms with Gasteiger partial charge in [-0.2, -0.15) is 0 Å². The van der Waals surface area contributed by atoms with Crippen molar-refractivity contribution in [1.29, 1.82) is 0 Å². The Balaban J connectivity index is 5.02. The molecule has 150 valence electrons. The summed E-state index contributed by atoms with van der Waals surface area (Å²) in [6.45, 7) is 1.70. The molecule has 11 nitrogen and oxygen atoms in total. The molecule has 0 heterocycles. The highest BCUT2D eigenvalue weighted by molar-refractivity contribution is 5.92. The largest absolute Gasteiger partial charge is 0.481 e. The van der Waals surface area contributed by atoms with Gasteiger partial charge in [0.25, 0.3) is 0 Å². The Morgan fingerprint density at radius 3 is 2.00 bits per heavy atom. The molecule has 0 aliphatic rings. The van der Waals surface area contributed by atoms with Crippen LogP contribution in [0.3, 0.4) is 0 Å². The fraction of sp³-hybridized carbons (Fsp3) is 0.733. The van der Waals surface area contributed by atoms with E-state index in [1.807, 2.05) is 0 Å². The summed E-state index contributed by atoms with van der Waals surface area (Å²) in [5.74, 6) is -4.11. The Bertz CT molecular complexity index is 498. The van der Waals surface area contributed by atoms with E-state index < -0.39 is 54.4 Å². The lowest BCUT2D eigenvalue weighted by atomic mass is 10.1. The molecule has 0 fully saturated rings. The number of hydrogen-bond donors (Lipinski definition) is 7. The number of nitrogens with one attached hydrogen (secondary N) is 2. The van der Waals surface area contributed by atoms with Gasteiger partial charge >= 0.3 is 11.9 Å². The van der Waals surface area contributed by atoms with E-state index in [1.54, 1.807) is 0 Å². The number of carbonyl (C=O) groups is 4. The van der Waals surface area contributed by atoms with Crippen LogP contribution in [0.2, 0.25) is 0 Å². The van der Waals surface area contributed by atoms with Crippen molar-refractivity contribution in [2.45, 2.75) is 63.3 Å². The maximum atomic E-state index is 12.4.